The van der Waals surface area contributed by atoms with E-state index in [0.29, 0.717) is 0 Å². The number of aryl methyl sites for hydroxylation is 1. The van der Waals surface area contributed by atoms with Gasteiger partial charge in [-0.25, -0.2) is 0 Å². The number of nitrogens with zero attached hydrogens (tertiary/aromatic N) is 1. The highest BCUT2D eigenvalue weighted by atomic mass is 16.1. The van der Waals surface area contributed by atoms with Crippen LogP contribution in [-0.2, 0) is 11.2 Å². The van der Waals surface area contributed by atoms with Crippen LogP contribution < -0.4 is 5.32 Å². The van der Waals surface area contributed by atoms with E-state index in [1.807, 2.05) is 24.3 Å². The molecule has 0 heterocycles. The molecule has 1 aliphatic rings. The fraction of sp³-hybridized carbons (Fsp3) is 0.231. The van der Waals surface area contributed by atoms with Crippen molar-refractivity contribution in [2.24, 2.45) is 0 Å². The van der Waals surface area contributed by atoms with Crippen LogP contribution in [0.3, 0.4) is 0 Å². The number of carbonyl (C=O) groups is 1. The molecule has 1 aromatic rings. The van der Waals surface area contributed by atoms with Gasteiger partial charge in [0.1, 0.15) is 0 Å². The molecule has 0 aliphatic heterocycles. The van der Waals surface area contributed by atoms with Gasteiger partial charge in [0.05, 0.1) is 11.6 Å². The summed E-state index contributed by atoms with van der Waals surface area (Å²) in [5.41, 5.74) is 3.65. The molecule has 80 valence electrons. The normalized spacial score (nSPS) is 13.4. The number of amides is 1. The summed E-state index contributed by atoms with van der Waals surface area (Å²) in [4.78, 5) is 10.9. The number of nitriles is 1. The fourth-order valence-corrected chi connectivity index (χ4v) is 1.93. The van der Waals surface area contributed by atoms with Crippen LogP contribution in [0.25, 0.3) is 5.57 Å². The topological polar surface area (TPSA) is 52.9 Å². The largest absolute Gasteiger partial charge is 0.326 e. The molecule has 3 nitrogen and oxygen atoms in total. The van der Waals surface area contributed by atoms with E-state index in [4.69, 9.17) is 5.26 Å². The number of allylic oxidation sites excluding steroid dienone is 2. The minimum Gasteiger partial charge on any atom is -0.326 e. The Hall–Kier alpha value is -2.08. The molecule has 1 aliphatic carbocycles. The second-order valence-corrected chi connectivity index (χ2v) is 3.82. The third-order valence-electron chi connectivity index (χ3n) is 2.60. The van der Waals surface area contributed by atoms with Crippen molar-refractivity contribution in [3.8, 4) is 6.07 Å². The highest BCUT2D eigenvalue weighted by molar-refractivity contribution is 5.89. The maximum Gasteiger partial charge on any atom is 0.221 e. The first-order valence-electron chi connectivity index (χ1n) is 5.22. The number of hydrogen-bond acceptors (Lipinski definition) is 2. The average molecular weight is 212 g/mol. The van der Waals surface area contributed by atoms with E-state index >= 15 is 0 Å². The summed E-state index contributed by atoms with van der Waals surface area (Å²) in [5, 5.41) is 11.7. The number of anilines is 1. The SMILES string of the molecule is CC(=O)Nc1ccc2c(c1)CCC=C2C#N. The predicted molar refractivity (Wildman–Crippen MR) is 62.7 cm³/mol. The fourth-order valence-electron chi connectivity index (χ4n) is 1.93. The minimum atomic E-state index is -0.0770. The molecule has 0 fully saturated rings. The summed E-state index contributed by atoms with van der Waals surface area (Å²) in [6.07, 6.45) is 3.77. The highest BCUT2D eigenvalue weighted by Gasteiger charge is 2.12. The summed E-state index contributed by atoms with van der Waals surface area (Å²) in [6.45, 7) is 1.49. The lowest BCUT2D eigenvalue weighted by Crippen LogP contribution is -2.07. The summed E-state index contributed by atoms with van der Waals surface area (Å²) in [7, 11) is 0. The summed E-state index contributed by atoms with van der Waals surface area (Å²) < 4.78 is 0. The Morgan fingerprint density at radius 1 is 1.50 bits per heavy atom. The standard InChI is InChI=1S/C13H12N2O/c1-9(16)15-12-5-6-13-10(7-12)3-2-4-11(13)8-14/h4-7H,2-3H2,1H3,(H,15,16). The van der Waals surface area contributed by atoms with Crippen molar-refractivity contribution in [2.45, 2.75) is 19.8 Å². The molecule has 0 atom stereocenters. The van der Waals surface area contributed by atoms with Crippen LogP contribution in [0.2, 0.25) is 0 Å². The third kappa shape index (κ3) is 1.96. The van der Waals surface area contributed by atoms with Crippen LogP contribution in [0.4, 0.5) is 5.69 Å². The molecule has 0 spiro atoms. The second-order valence-electron chi connectivity index (χ2n) is 3.82. The lowest BCUT2D eigenvalue weighted by atomic mass is 9.91. The van der Waals surface area contributed by atoms with Gasteiger partial charge in [-0.1, -0.05) is 12.1 Å². The van der Waals surface area contributed by atoms with E-state index in [0.717, 1.165) is 35.2 Å². The Morgan fingerprint density at radius 2 is 2.31 bits per heavy atom. The van der Waals surface area contributed by atoms with Gasteiger partial charge in [-0.2, -0.15) is 5.26 Å². The van der Waals surface area contributed by atoms with Crippen LogP contribution in [0.15, 0.2) is 24.3 Å². The number of hydrogen-bond donors (Lipinski definition) is 1. The van der Waals surface area contributed by atoms with Crippen LogP contribution >= 0.6 is 0 Å². The van der Waals surface area contributed by atoms with E-state index < -0.39 is 0 Å². The van der Waals surface area contributed by atoms with E-state index in [9.17, 15) is 4.79 Å². The second kappa shape index (κ2) is 4.19. The molecule has 1 aromatic carbocycles. The zero-order valence-corrected chi connectivity index (χ0v) is 9.08. The van der Waals surface area contributed by atoms with Crippen LogP contribution in [0.1, 0.15) is 24.5 Å². The molecule has 2 rings (SSSR count). The number of carbonyl (C=O) groups excluding carboxylic acids is 1. The summed E-state index contributed by atoms with van der Waals surface area (Å²) in [6, 6.07) is 7.87. The molecule has 0 unspecified atom stereocenters. The first-order chi connectivity index (χ1) is 7.70. The minimum absolute atomic E-state index is 0.0770. The maximum absolute atomic E-state index is 10.9. The van der Waals surface area contributed by atoms with E-state index in [-0.39, 0.29) is 5.91 Å². The third-order valence-corrected chi connectivity index (χ3v) is 2.60. The Balaban J connectivity index is 2.38. The molecule has 0 saturated heterocycles. The Kier molecular flexibility index (Phi) is 2.74. The smallest absolute Gasteiger partial charge is 0.221 e. The van der Waals surface area contributed by atoms with Gasteiger partial charge in [0.15, 0.2) is 0 Å². The molecular weight excluding hydrogens is 200 g/mol. The molecule has 1 N–H and O–H groups in total. The van der Waals surface area contributed by atoms with Crippen molar-refractivity contribution in [1.29, 1.82) is 5.26 Å². The van der Waals surface area contributed by atoms with Gasteiger partial charge in [0.25, 0.3) is 0 Å². The quantitative estimate of drug-likeness (QED) is 0.777. The van der Waals surface area contributed by atoms with Crippen molar-refractivity contribution >= 4 is 17.2 Å². The van der Waals surface area contributed by atoms with Gasteiger partial charge in [0, 0.05) is 12.6 Å². The van der Waals surface area contributed by atoms with Crippen molar-refractivity contribution in [3.63, 3.8) is 0 Å². The lowest BCUT2D eigenvalue weighted by molar-refractivity contribution is -0.114. The number of nitrogens with one attached hydrogen (secondary N) is 1. The van der Waals surface area contributed by atoms with Crippen molar-refractivity contribution < 1.29 is 4.79 Å². The van der Waals surface area contributed by atoms with Gasteiger partial charge in [-0.3, -0.25) is 4.79 Å². The van der Waals surface area contributed by atoms with Gasteiger partial charge in [-0.15, -0.1) is 0 Å². The van der Waals surface area contributed by atoms with E-state index in [2.05, 4.69) is 11.4 Å². The Labute approximate surface area is 94.4 Å². The van der Waals surface area contributed by atoms with Crippen LogP contribution in [0.5, 0.6) is 0 Å². The number of benzene rings is 1. The molecule has 0 bridgehead atoms. The van der Waals surface area contributed by atoms with E-state index in [1.54, 1.807) is 0 Å². The van der Waals surface area contributed by atoms with Crippen molar-refractivity contribution in [2.75, 3.05) is 5.32 Å². The molecule has 0 radical (unpaired) electrons. The molecule has 3 heteroatoms. The highest BCUT2D eigenvalue weighted by Crippen LogP contribution is 2.28. The number of rotatable bonds is 1. The van der Waals surface area contributed by atoms with Crippen LogP contribution in [0, 0.1) is 11.3 Å². The Morgan fingerprint density at radius 3 is 3.00 bits per heavy atom. The first kappa shape index (κ1) is 10.4. The molecule has 16 heavy (non-hydrogen) atoms. The van der Waals surface area contributed by atoms with Crippen molar-refractivity contribution in [3.05, 3.63) is 35.4 Å². The monoisotopic (exact) mass is 212 g/mol. The number of fused-ring (bicyclic) bond motifs is 1. The summed E-state index contributed by atoms with van der Waals surface area (Å²) >= 11 is 0. The molecular formula is C13H12N2O. The lowest BCUT2D eigenvalue weighted by Gasteiger charge is -2.14. The van der Waals surface area contributed by atoms with Gasteiger partial charge in [0.2, 0.25) is 5.91 Å². The summed E-state index contributed by atoms with van der Waals surface area (Å²) in [5.74, 6) is -0.0770. The van der Waals surface area contributed by atoms with Gasteiger partial charge in [-0.05, 0) is 36.1 Å². The maximum atomic E-state index is 10.9. The predicted octanol–water partition coefficient (Wildman–Crippen LogP) is 2.50. The van der Waals surface area contributed by atoms with Crippen LogP contribution in [-0.4, -0.2) is 5.91 Å². The average Bonchev–Trinajstić information content (AvgIpc) is 2.27. The molecule has 0 aromatic heterocycles. The first-order valence-corrected chi connectivity index (χ1v) is 5.22. The van der Waals surface area contributed by atoms with Gasteiger partial charge >= 0.3 is 0 Å². The zero-order valence-electron chi connectivity index (χ0n) is 9.08. The van der Waals surface area contributed by atoms with E-state index in [1.165, 1.54) is 6.92 Å². The Bertz CT molecular complexity index is 509. The van der Waals surface area contributed by atoms with Gasteiger partial charge < -0.3 is 5.32 Å². The van der Waals surface area contributed by atoms with Crippen molar-refractivity contribution in [1.82, 2.24) is 0 Å². The zero-order chi connectivity index (χ0) is 11.5. The molecule has 0 saturated carbocycles. The molecule has 1 amide bonds.